The minimum atomic E-state index is -3.03. The normalized spacial score (nSPS) is 12.2. The maximum absolute atomic E-state index is 11.8. The van der Waals surface area contributed by atoms with Crippen molar-refractivity contribution in [2.75, 3.05) is 18.6 Å². The van der Waals surface area contributed by atoms with Gasteiger partial charge in [0, 0.05) is 19.2 Å². The monoisotopic (exact) mass is 283 g/mol. The summed E-state index contributed by atoms with van der Waals surface area (Å²) < 4.78 is 21.9. The number of nitrogens with one attached hydrogen (secondary N) is 1. The van der Waals surface area contributed by atoms with Crippen LogP contribution in [-0.4, -0.2) is 32.9 Å². The van der Waals surface area contributed by atoms with E-state index in [0.717, 1.165) is 11.8 Å². The third-order valence-corrected chi connectivity index (χ3v) is 3.90. The van der Waals surface area contributed by atoms with Crippen LogP contribution in [0.2, 0.25) is 0 Å². The molecule has 1 aromatic rings. The molecule has 1 N–H and O–H groups in total. The fourth-order valence-electron chi connectivity index (χ4n) is 1.83. The van der Waals surface area contributed by atoms with Gasteiger partial charge in [-0.3, -0.25) is 4.79 Å². The number of carbonyl (C=O) groups excluding carboxylic acids is 1. The van der Waals surface area contributed by atoms with Crippen LogP contribution in [0, 0.1) is 0 Å². The molecule has 0 spiro atoms. The summed E-state index contributed by atoms with van der Waals surface area (Å²) in [5, 5.41) is 2.65. The quantitative estimate of drug-likeness (QED) is 0.861. The number of carbonyl (C=O) groups is 1. The second-order valence-corrected chi connectivity index (χ2v) is 7.67. The molecule has 4 nitrogen and oxygen atoms in total. The highest BCUT2D eigenvalue weighted by Gasteiger charge is 2.23. The highest BCUT2D eigenvalue weighted by molar-refractivity contribution is 7.90. The molecule has 0 aromatic heterocycles. The van der Waals surface area contributed by atoms with Crippen molar-refractivity contribution < 1.29 is 13.2 Å². The molecule has 5 heteroatoms. The second kappa shape index (κ2) is 6.19. The molecule has 0 unspecified atom stereocenters. The Bertz CT molecular complexity index is 521. The first-order valence-electron chi connectivity index (χ1n) is 6.21. The Balaban J connectivity index is 2.52. The Morgan fingerprint density at radius 3 is 2.32 bits per heavy atom. The maximum Gasteiger partial charge on any atom is 0.220 e. The number of hydrogen-bond acceptors (Lipinski definition) is 3. The second-order valence-electron chi connectivity index (χ2n) is 5.41. The van der Waals surface area contributed by atoms with Gasteiger partial charge in [0.1, 0.15) is 9.84 Å². The average molecular weight is 283 g/mol. The van der Waals surface area contributed by atoms with Gasteiger partial charge in [-0.2, -0.15) is 0 Å². The maximum atomic E-state index is 11.8. The molecule has 0 fully saturated rings. The molecular formula is C14H21NO3S. The first-order valence-corrected chi connectivity index (χ1v) is 8.27. The lowest BCUT2D eigenvalue weighted by Crippen LogP contribution is -2.33. The Morgan fingerprint density at radius 2 is 1.79 bits per heavy atom. The lowest BCUT2D eigenvalue weighted by Gasteiger charge is -2.24. The first-order chi connectivity index (χ1) is 8.71. The van der Waals surface area contributed by atoms with Gasteiger partial charge in [0.15, 0.2) is 0 Å². The zero-order valence-corrected chi connectivity index (χ0v) is 12.5. The molecule has 0 saturated heterocycles. The van der Waals surface area contributed by atoms with E-state index in [1.165, 1.54) is 0 Å². The van der Waals surface area contributed by atoms with Crippen molar-refractivity contribution in [3.63, 3.8) is 0 Å². The summed E-state index contributed by atoms with van der Waals surface area (Å²) in [4.78, 5) is 11.8. The Labute approximate surface area is 115 Å². The first kappa shape index (κ1) is 15.7. The lowest BCUT2D eigenvalue weighted by molar-refractivity contribution is -0.122. The van der Waals surface area contributed by atoms with E-state index in [-0.39, 0.29) is 23.6 Å². The molecule has 0 radical (unpaired) electrons. The van der Waals surface area contributed by atoms with Crippen molar-refractivity contribution in [1.82, 2.24) is 5.32 Å². The van der Waals surface area contributed by atoms with E-state index in [1.54, 1.807) is 0 Å². The van der Waals surface area contributed by atoms with Crippen LogP contribution in [-0.2, 0) is 20.0 Å². The summed E-state index contributed by atoms with van der Waals surface area (Å²) in [6, 6.07) is 9.80. The third kappa shape index (κ3) is 5.87. The van der Waals surface area contributed by atoms with Gasteiger partial charge < -0.3 is 5.32 Å². The van der Waals surface area contributed by atoms with Crippen molar-refractivity contribution in [3.05, 3.63) is 35.9 Å². The minimum absolute atomic E-state index is 0.0233. The summed E-state index contributed by atoms with van der Waals surface area (Å²) in [5.74, 6) is -0.151. The standard InChI is InChI=1S/C14H21NO3S/c1-14(2,12-7-5-4-6-8-12)11-13(16)15-9-10-19(3,17)18/h4-8H,9-11H2,1-3H3,(H,15,16). The molecule has 1 aromatic carbocycles. The highest BCUT2D eigenvalue weighted by atomic mass is 32.2. The van der Waals surface area contributed by atoms with Gasteiger partial charge in [-0.25, -0.2) is 8.42 Å². The number of rotatable bonds is 6. The fourth-order valence-corrected chi connectivity index (χ4v) is 2.30. The van der Waals surface area contributed by atoms with Gasteiger partial charge in [0.25, 0.3) is 0 Å². The molecule has 0 aliphatic carbocycles. The van der Waals surface area contributed by atoms with E-state index in [9.17, 15) is 13.2 Å². The molecular weight excluding hydrogens is 262 g/mol. The predicted molar refractivity (Wildman–Crippen MR) is 76.8 cm³/mol. The van der Waals surface area contributed by atoms with Crippen LogP contribution in [0.25, 0.3) is 0 Å². The van der Waals surface area contributed by atoms with Crippen LogP contribution in [0.15, 0.2) is 30.3 Å². The third-order valence-electron chi connectivity index (χ3n) is 2.95. The summed E-state index contributed by atoms with van der Waals surface area (Å²) in [6.45, 7) is 4.17. The molecule has 0 saturated carbocycles. The Kier molecular flexibility index (Phi) is 5.11. The summed E-state index contributed by atoms with van der Waals surface area (Å²) in [5.41, 5.74) is 0.824. The van der Waals surface area contributed by atoms with Crippen molar-refractivity contribution in [3.8, 4) is 0 Å². The van der Waals surface area contributed by atoms with E-state index in [2.05, 4.69) is 5.32 Å². The minimum Gasteiger partial charge on any atom is -0.355 e. The largest absolute Gasteiger partial charge is 0.355 e. The molecule has 0 bridgehead atoms. The molecule has 106 valence electrons. The van der Waals surface area contributed by atoms with E-state index >= 15 is 0 Å². The highest BCUT2D eigenvalue weighted by Crippen LogP contribution is 2.26. The summed E-state index contributed by atoms with van der Waals surface area (Å²) >= 11 is 0. The van der Waals surface area contributed by atoms with Gasteiger partial charge in [-0.05, 0) is 11.0 Å². The topological polar surface area (TPSA) is 63.2 Å². The Hall–Kier alpha value is -1.36. The van der Waals surface area contributed by atoms with Crippen LogP contribution in [0.1, 0.15) is 25.8 Å². The summed E-state index contributed by atoms with van der Waals surface area (Å²) in [7, 11) is -3.03. The van der Waals surface area contributed by atoms with E-state index in [1.807, 2.05) is 44.2 Å². The molecule has 0 atom stereocenters. The van der Waals surface area contributed by atoms with E-state index in [4.69, 9.17) is 0 Å². The van der Waals surface area contributed by atoms with Gasteiger partial charge in [0.2, 0.25) is 5.91 Å². The van der Waals surface area contributed by atoms with Crippen LogP contribution in [0.5, 0.6) is 0 Å². The molecule has 0 heterocycles. The lowest BCUT2D eigenvalue weighted by atomic mass is 9.81. The van der Waals surface area contributed by atoms with Crippen LogP contribution in [0.4, 0.5) is 0 Å². The SMILES string of the molecule is CC(C)(CC(=O)NCCS(C)(=O)=O)c1ccccc1. The van der Waals surface area contributed by atoms with Crippen LogP contribution >= 0.6 is 0 Å². The van der Waals surface area contributed by atoms with Crippen molar-refractivity contribution in [1.29, 1.82) is 0 Å². The van der Waals surface area contributed by atoms with E-state index < -0.39 is 9.84 Å². The van der Waals surface area contributed by atoms with Crippen molar-refractivity contribution in [2.45, 2.75) is 25.7 Å². The molecule has 1 amide bonds. The molecule has 0 aliphatic rings. The van der Waals surface area contributed by atoms with Gasteiger partial charge in [0.05, 0.1) is 5.75 Å². The molecule has 19 heavy (non-hydrogen) atoms. The number of benzene rings is 1. The van der Waals surface area contributed by atoms with Gasteiger partial charge in [-0.1, -0.05) is 44.2 Å². The van der Waals surface area contributed by atoms with Gasteiger partial charge in [-0.15, -0.1) is 0 Å². The molecule has 0 aliphatic heterocycles. The number of sulfone groups is 1. The van der Waals surface area contributed by atoms with Crippen molar-refractivity contribution in [2.24, 2.45) is 0 Å². The van der Waals surface area contributed by atoms with Crippen LogP contribution < -0.4 is 5.32 Å². The zero-order chi connectivity index (χ0) is 14.5. The van der Waals surface area contributed by atoms with E-state index in [0.29, 0.717) is 6.42 Å². The van der Waals surface area contributed by atoms with Crippen molar-refractivity contribution >= 4 is 15.7 Å². The number of amides is 1. The number of hydrogen-bond donors (Lipinski definition) is 1. The van der Waals surface area contributed by atoms with Crippen LogP contribution in [0.3, 0.4) is 0 Å². The average Bonchev–Trinajstić information content (AvgIpc) is 2.27. The predicted octanol–water partition coefficient (Wildman–Crippen LogP) is 1.52. The fraction of sp³-hybridized carbons (Fsp3) is 0.500. The smallest absolute Gasteiger partial charge is 0.220 e. The summed E-state index contributed by atoms with van der Waals surface area (Å²) in [6.07, 6.45) is 1.49. The molecule has 1 rings (SSSR count). The van der Waals surface area contributed by atoms with Gasteiger partial charge >= 0.3 is 0 Å². The Morgan fingerprint density at radius 1 is 1.21 bits per heavy atom. The zero-order valence-electron chi connectivity index (χ0n) is 11.6.